The van der Waals surface area contributed by atoms with Gasteiger partial charge in [-0.3, -0.25) is 9.59 Å². The number of hydrogen-bond acceptors (Lipinski definition) is 4. The van der Waals surface area contributed by atoms with Gasteiger partial charge >= 0.3 is 6.18 Å². The Bertz CT molecular complexity index is 985. The first-order chi connectivity index (χ1) is 14.1. The van der Waals surface area contributed by atoms with E-state index in [1.54, 1.807) is 19.1 Å². The van der Waals surface area contributed by atoms with Crippen molar-refractivity contribution in [2.45, 2.75) is 20.0 Å². The highest BCUT2D eigenvalue weighted by Crippen LogP contribution is 2.38. The molecule has 0 radical (unpaired) electrons. The second kappa shape index (κ2) is 9.34. The molecule has 0 saturated carbocycles. The van der Waals surface area contributed by atoms with Crippen molar-refractivity contribution in [3.63, 3.8) is 0 Å². The highest BCUT2D eigenvalue weighted by molar-refractivity contribution is 6.06. The zero-order chi connectivity index (χ0) is 22.5. The summed E-state index contributed by atoms with van der Waals surface area (Å²) in [5.74, 6) is -0.626. The van der Waals surface area contributed by atoms with Crippen LogP contribution in [0, 0.1) is 0 Å². The molecular weight excluding hydrogens is 401 g/mol. The number of carbonyl (C=O) groups is 2. The number of amides is 2. The Morgan fingerprint density at radius 3 is 2.27 bits per heavy atom. The molecule has 160 valence electrons. The molecule has 6 nitrogen and oxygen atoms in total. The Morgan fingerprint density at radius 1 is 1.03 bits per heavy atom. The lowest BCUT2D eigenvalue weighted by Gasteiger charge is -2.17. The van der Waals surface area contributed by atoms with Crippen molar-refractivity contribution in [1.29, 1.82) is 0 Å². The van der Waals surface area contributed by atoms with Gasteiger partial charge in [0.15, 0.2) is 11.5 Å². The van der Waals surface area contributed by atoms with Crippen LogP contribution in [0.2, 0.25) is 0 Å². The molecule has 2 aromatic rings. The molecule has 0 saturated heterocycles. The largest absolute Gasteiger partial charge is 0.493 e. The summed E-state index contributed by atoms with van der Waals surface area (Å²) >= 11 is 0. The van der Waals surface area contributed by atoms with E-state index in [1.807, 2.05) is 0 Å². The lowest BCUT2D eigenvalue weighted by atomic mass is 10.1. The van der Waals surface area contributed by atoms with Crippen molar-refractivity contribution in [2.75, 3.05) is 24.9 Å². The van der Waals surface area contributed by atoms with Crippen LogP contribution in [0.1, 0.15) is 35.3 Å². The first-order valence-corrected chi connectivity index (χ1v) is 8.79. The summed E-state index contributed by atoms with van der Waals surface area (Å²) < 4.78 is 51.0. The Labute approximate surface area is 171 Å². The van der Waals surface area contributed by atoms with Gasteiger partial charge in [0.2, 0.25) is 5.91 Å². The number of rotatable bonds is 6. The van der Waals surface area contributed by atoms with E-state index in [9.17, 15) is 22.8 Å². The molecule has 30 heavy (non-hydrogen) atoms. The highest BCUT2D eigenvalue weighted by atomic mass is 19.4. The molecule has 2 rings (SSSR count). The first kappa shape index (κ1) is 22.8. The van der Waals surface area contributed by atoms with Gasteiger partial charge in [-0.1, -0.05) is 12.2 Å². The minimum absolute atomic E-state index is 0.0330. The van der Waals surface area contributed by atoms with Gasteiger partial charge in [0.05, 0.1) is 25.5 Å². The number of hydrogen-bond donors (Lipinski definition) is 2. The van der Waals surface area contributed by atoms with E-state index in [4.69, 9.17) is 9.47 Å². The maximum atomic E-state index is 13.5. The SMILES string of the molecule is C/C=C/c1cc(C(=O)Nc2ccc(NC(C)=O)cc2C(F)(F)F)cc(OC)c1OC. The summed E-state index contributed by atoms with van der Waals surface area (Å²) in [6.07, 6.45) is -1.34. The number of carbonyl (C=O) groups excluding carboxylic acids is 2. The number of benzene rings is 2. The molecule has 0 aliphatic rings. The second-order valence-electron chi connectivity index (χ2n) is 6.19. The zero-order valence-corrected chi connectivity index (χ0v) is 16.8. The van der Waals surface area contributed by atoms with Gasteiger partial charge in [-0.25, -0.2) is 0 Å². The molecule has 0 unspecified atom stereocenters. The Balaban J connectivity index is 2.47. The summed E-state index contributed by atoms with van der Waals surface area (Å²) in [7, 11) is 2.83. The normalized spacial score (nSPS) is 11.3. The van der Waals surface area contributed by atoms with E-state index >= 15 is 0 Å². The predicted molar refractivity (Wildman–Crippen MR) is 108 cm³/mol. The van der Waals surface area contributed by atoms with Gasteiger partial charge in [-0.05, 0) is 37.3 Å². The van der Waals surface area contributed by atoms with Crippen molar-refractivity contribution in [3.05, 3.63) is 53.1 Å². The molecule has 9 heteroatoms. The first-order valence-electron chi connectivity index (χ1n) is 8.79. The average Bonchev–Trinajstić information content (AvgIpc) is 2.67. The van der Waals surface area contributed by atoms with Crippen molar-refractivity contribution in [1.82, 2.24) is 0 Å². The average molecular weight is 422 g/mol. The molecule has 2 amide bonds. The van der Waals surface area contributed by atoms with Gasteiger partial charge in [0.25, 0.3) is 5.91 Å². The molecule has 0 heterocycles. The van der Waals surface area contributed by atoms with Crippen LogP contribution >= 0.6 is 0 Å². The van der Waals surface area contributed by atoms with E-state index in [0.717, 1.165) is 12.1 Å². The standard InChI is InChI=1S/C21H21F3N2O4/c1-5-6-13-9-14(10-18(29-3)19(13)30-4)20(28)26-17-8-7-15(25-12(2)27)11-16(17)21(22,23)24/h5-11H,1-4H3,(H,25,27)(H,26,28)/b6-5+. The monoisotopic (exact) mass is 422 g/mol. The van der Waals surface area contributed by atoms with E-state index in [0.29, 0.717) is 11.3 Å². The van der Waals surface area contributed by atoms with Gasteiger partial charge in [-0.15, -0.1) is 0 Å². The molecule has 0 aliphatic carbocycles. The third-order valence-electron chi connectivity index (χ3n) is 4.01. The van der Waals surface area contributed by atoms with Crippen LogP contribution in [0.15, 0.2) is 36.4 Å². The minimum Gasteiger partial charge on any atom is -0.493 e. The van der Waals surface area contributed by atoms with Crippen molar-refractivity contribution < 1.29 is 32.2 Å². The minimum atomic E-state index is -4.75. The molecule has 0 aliphatic heterocycles. The quantitative estimate of drug-likeness (QED) is 0.690. The van der Waals surface area contributed by atoms with E-state index in [-0.39, 0.29) is 17.0 Å². The fourth-order valence-corrected chi connectivity index (χ4v) is 2.79. The molecule has 0 atom stereocenters. The maximum Gasteiger partial charge on any atom is 0.418 e. The van der Waals surface area contributed by atoms with Gasteiger partial charge < -0.3 is 20.1 Å². The highest BCUT2D eigenvalue weighted by Gasteiger charge is 2.34. The van der Waals surface area contributed by atoms with E-state index in [1.165, 1.54) is 39.3 Å². The number of alkyl halides is 3. The number of methoxy groups -OCH3 is 2. The topological polar surface area (TPSA) is 76.7 Å². The number of allylic oxidation sites excluding steroid dienone is 1. The van der Waals surface area contributed by atoms with E-state index < -0.39 is 29.2 Å². The fourth-order valence-electron chi connectivity index (χ4n) is 2.79. The van der Waals surface area contributed by atoms with Crippen molar-refractivity contribution >= 4 is 29.3 Å². The maximum absolute atomic E-state index is 13.5. The smallest absolute Gasteiger partial charge is 0.418 e. The predicted octanol–water partition coefficient (Wildman–Crippen LogP) is 4.97. The summed E-state index contributed by atoms with van der Waals surface area (Å²) in [5.41, 5.74) is -0.948. The third kappa shape index (κ3) is 5.31. The molecule has 2 aromatic carbocycles. The van der Waals surface area contributed by atoms with Crippen LogP contribution in [0.3, 0.4) is 0 Å². The zero-order valence-electron chi connectivity index (χ0n) is 16.8. The summed E-state index contributed by atoms with van der Waals surface area (Å²) in [4.78, 5) is 23.8. The molecule has 0 spiro atoms. The molecular formula is C21H21F3N2O4. The Kier molecular flexibility index (Phi) is 7.10. The number of nitrogens with one attached hydrogen (secondary N) is 2. The van der Waals surface area contributed by atoms with E-state index in [2.05, 4.69) is 10.6 Å². The lowest BCUT2D eigenvalue weighted by Crippen LogP contribution is -2.18. The van der Waals surface area contributed by atoms with Crippen LogP contribution in [-0.2, 0) is 11.0 Å². The van der Waals surface area contributed by atoms with Crippen molar-refractivity contribution in [2.24, 2.45) is 0 Å². The Morgan fingerprint density at radius 2 is 1.73 bits per heavy atom. The van der Waals surface area contributed by atoms with Crippen molar-refractivity contribution in [3.8, 4) is 11.5 Å². The third-order valence-corrected chi connectivity index (χ3v) is 4.01. The van der Waals surface area contributed by atoms with Gasteiger partial charge in [0, 0.05) is 23.7 Å². The summed E-state index contributed by atoms with van der Waals surface area (Å²) in [6.45, 7) is 2.95. The molecule has 2 N–H and O–H groups in total. The molecule has 0 aromatic heterocycles. The second-order valence-corrected chi connectivity index (χ2v) is 6.19. The van der Waals surface area contributed by atoms with Crippen LogP contribution in [0.4, 0.5) is 24.5 Å². The van der Waals surface area contributed by atoms with Crippen LogP contribution in [0.25, 0.3) is 6.08 Å². The van der Waals surface area contributed by atoms with Crippen LogP contribution in [0.5, 0.6) is 11.5 Å². The van der Waals surface area contributed by atoms with Gasteiger partial charge in [-0.2, -0.15) is 13.2 Å². The number of anilines is 2. The van der Waals surface area contributed by atoms with Crippen LogP contribution in [-0.4, -0.2) is 26.0 Å². The lowest BCUT2D eigenvalue weighted by molar-refractivity contribution is -0.137. The summed E-state index contributed by atoms with van der Waals surface area (Å²) in [6, 6.07) is 5.97. The van der Waals surface area contributed by atoms with Crippen LogP contribution < -0.4 is 20.1 Å². The number of halogens is 3. The molecule has 0 fully saturated rings. The number of ether oxygens (including phenoxy) is 2. The Hall–Kier alpha value is -3.49. The fraction of sp³-hybridized carbons (Fsp3) is 0.238. The van der Waals surface area contributed by atoms with Gasteiger partial charge in [0.1, 0.15) is 0 Å². The summed E-state index contributed by atoms with van der Waals surface area (Å²) in [5, 5.41) is 4.57. The molecule has 0 bridgehead atoms.